The second kappa shape index (κ2) is 51.5. The van der Waals surface area contributed by atoms with Crippen LogP contribution in [0.25, 0.3) is 0 Å². The Hall–Kier alpha value is -2.64. The molecular formula is C62H111NO10. The van der Waals surface area contributed by atoms with Gasteiger partial charge in [0.1, 0.15) is 24.4 Å². The minimum Gasteiger partial charge on any atom is -0.466 e. The fraction of sp³-hybridized carbons (Fsp3) is 0.806. The lowest BCUT2D eigenvalue weighted by Crippen LogP contribution is -2.60. The molecule has 1 aliphatic heterocycles. The number of amides is 1. The third-order valence-electron chi connectivity index (χ3n) is 13.8. The number of aliphatic hydroxyl groups is 5. The first kappa shape index (κ1) is 68.4. The van der Waals surface area contributed by atoms with Gasteiger partial charge in [0.25, 0.3) is 0 Å². The van der Waals surface area contributed by atoms with Crippen LogP contribution in [0.4, 0.5) is 0 Å². The SMILES string of the molecule is CCCCC/C=C\CCCCCCCC(=O)OCCCCCCCCCCC/C=C\C/C=C\CCCCCCCCCC(=O)NC(COC1OC(CO)C(O)C(O)C1O)C(O)/C=C/CC/C=C/CCCCCC. The number of carbonyl (C=O) groups is 2. The smallest absolute Gasteiger partial charge is 0.305 e. The lowest BCUT2D eigenvalue weighted by atomic mass is 9.99. The van der Waals surface area contributed by atoms with Crippen LogP contribution in [0, 0.1) is 0 Å². The lowest BCUT2D eigenvalue weighted by molar-refractivity contribution is -0.302. The molecule has 1 aliphatic rings. The number of hydrogen-bond donors (Lipinski definition) is 6. The number of ether oxygens (including phenoxy) is 3. The molecule has 11 nitrogen and oxygen atoms in total. The highest BCUT2D eigenvalue weighted by Crippen LogP contribution is 2.23. The Morgan fingerprint density at radius 3 is 1.47 bits per heavy atom. The average Bonchev–Trinajstić information content (AvgIpc) is 3.39. The molecule has 0 aliphatic carbocycles. The molecule has 0 radical (unpaired) electrons. The summed E-state index contributed by atoms with van der Waals surface area (Å²) in [6.45, 7) is 4.24. The number of rotatable bonds is 51. The van der Waals surface area contributed by atoms with Crippen LogP contribution in [-0.4, -0.2) is 100 Å². The predicted octanol–water partition coefficient (Wildman–Crippen LogP) is 13.8. The van der Waals surface area contributed by atoms with Gasteiger partial charge in [-0.25, -0.2) is 0 Å². The van der Waals surface area contributed by atoms with Gasteiger partial charge in [0.05, 0.1) is 32.0 Å². The van der Waals surface area contributed by atoms with Gasteiger partial charge in [0.2, 0.25) is 5.91 Å². The minimum absolute atomic E-state index is 0.0162. The van der Waals surface area contributed by atoms with E-state index in [0.29, 0.717) is 19.4 Å². The summed E-state index contributed by atoms with van der Waals surface area (Å²) >= 11 is 0. The number of allylic oxidation sites excluding steroid dienone is 9. The van der Waals surface area contributed by atoms with E-state index >= 15 is 0 Å². The normalized spacial score (nSPS) is 19.4. The fourth-order valence-electron chi connectivity index (χ4n) is 9.00. The lowest BCUT2D eigenvalue weighted by Gasteiger charge is -2.40. The van der Waals surface area contributed by atoms with Crippen molar-refractivity contribution >= 4 is 11.9 Å². The molecule has 11 heteroatoms. The molecule has 0 bridgehead atoms. The average molecular weight is 1030 g/mol. The largest absolute Gasteiger partial charge is 0.466 e. The maximum absolute atomic E-state index is 13.0. The van der Waals surface area contributed by atoms with Gasteiger partial charge < -0.3 is 45.1 Å². The number of hydrogen-bond acceptors (Lipinski definition) is 10. The summed E-state index contributed by atoms with van der Waals surface area (Å²) in [5, 5.41) is 54.2. The minimum atomic E-state index is -1.58. The van der Waals surface area contributed by atoms with E-state index in [4.69, 9.17) is 14.2 Å². The molecule has 7 atom stereocenters. The van der Waals surface area contributed by atoms with Crippen LogP contribution >= 0.6 is 0 Å². The van der Waals surface area contributed by atoms with E-state index in [1.54, 1.807) is 6.08 Å². The van der Waals surface area contributed by atoms with Crippen molar-refractivity contribution < 1.29 is 49.3 Å². The van der Waals surface area contributed by atoms with Gasteiger partial charge in [0.15, 0.2) is 6.29 Å². The highest BCUT2D eigenvalue weighted by atomic mass is 16.7. The standard InChI is InChI=1S/C62H111NO10/c1-3-5-7-9-11-13-15-30-34-38-42-46-50-58(67)71-51-47-43-39-35-31-28-26-24-22-20-18-16-17-19-21-23-25-27-29-33-37-41-45-49-57(66)63-54(53-72-62-61(70)60(69)59(68)56(52-64)73-62)55(65)48-44-40-36-32-14-12-10-8-6-4-2/h11,13-14,16,18-19,21,32,44,48,54-56,59-62,64-65,68-70H,3-10,12,15,17,20,22-31,33-43,45-47,49-53H2,1-2H3,(H,63,66)/b13-11-,18-16-,21-19-,32-14+,48-44+. The molecule has 0 spiro atoms. The molecule has 0 aromatic carbocycles. The molecule has 0 saturated carbocycles. The van der Waals surface area contributed by atoms with Gasteiger partial charge in [0, 0.05) is 12.8 Å². The van der Waals surface area contributed by atoms with Gasteiger partial charge in [-0.1, -0.05) is 203 Å². The van der Waals surface area contributed by atoms with Gasteiger partial charge in [-0.05, 0) is 103 Å². The monoisotopic (exact) mass is 1030 g/mol. The summed E-state index contributed by atoms with van der Waals surface area (Å²) in [6, 6.07) is -0.835. The van der Waals surface area contributed by atoms with E-state index < -0.39 is 49.5 Å². The van der Waals surface area contributed by atoms with Gasteiger partial charge in [-0.2, -0.15) is 0 Å². The van der Waals surface area contributed by atoms with E-state index in [2.05, 4.69) is 67.8 Å². The number of carbonyl (C=O) groups excluding carboxylic acids is 2. The molecule has 0 aromatic heterocycles. The summed E-state index contributed by atoms with van der Waals surface area (Å²) in [4.78, 5) is 25.0. The summed E-state index contributed by atoms with van der Waals surface area (Å²) in [5.41, 5.74) is 0. The molecule has 6 N–H and O–H groups in total. The highest BCUT2D eigenvalue weighted by molar-refractivity contribution is 5.76. The van der Waals surface area contributed by atoms with Gasteiger partial charge >= 0.3 is 5.97 Å². The van der Waals surface area contributed by atoms with E-state index in [1.807, 2.05) is 6.08 Å². The Labute approximate surface area is 446 Å². The number of esters is 1. The zero-order valence-corrected chi connectivity index (χ0v) is 46.6. The zero-order valence-electron chi connectivity index (χ0n) is 46.6. The first-order valence-corrected chi connectivity index (χ1v) is 30.1. The Balaban J connectivity index is 2.06. The van der Waals surface area contributed by atoms with Crippen molar-refractivity contribution in [2.45, 2.75) is 301 Å². The topological polar surface area (TPSA) is 175 Å². The Morgan fingerprint density at radius 1 is 0.507 bits per heavy atom. The van der Waals surface area contributed by atoms with Crippen LogP contribution in [0.5, 0.6) is 0 Å². The predicted molar refractivity (Wildman–Crippen MR) is 301 cm³/mol. The number of nitrogens with one attached hydrogen (secondary N) is 1. The molecule has 1 saturated heterocycles. The molecule has 1 amide bonds. The van der Waals surface area contributed by atoms with Gasteiger partial charge in [-0.3, -0.25) is 9.59 Å². The maximum atomic E-state index is 13.0. The second-order valence-corrected chi connectivity index (χ2v) is 20.7. The molecule has 424 valence electrons. The van der Waals surface area contributed by atoms with Crippen molar-refractivity contribution in [2.24, 2.45) is 0 Å². The number of aliphatic hydroxyl groups excluding tert-OH is 5. The molecule has 1 fully saturated rings. The van der Waals surface area contributed by atoms with Crippen molar-refractivity contribution in [2.75, 3.05) is 19.8 Å². The van der Waals surface area contributed by atoms with Crippen LogP contribution in [0.3, 0.4) is 0 Å². The Morgan fingerprint density at radius 2 is 0.932 bits per heavy atom. The van der Waals surface area contributed by atoms with Crippen LogP contribution in [0.1, 0.15) is 258 Å². The first-order valence-electron chi connectivity index (χ1n) is 30.1. The van der Waals surface area contributed by atoms with Gasteiger partial charge in [-0.15, -0.1) is 0 Å². The van der Waals surface area contributed by atoms with Crippen LogP contribution in [-0.2, 0) is 23.8 Å². The number of unbranched alkanes of at least 4 members (excludes halogenated alkanes) is 29. The molecule has 0 aromatic rings. The molecule has 1 rings (SSSR count). The van der Waals surface area contributed by atoms with Crippen molar-refractivity contribution in [3.63, 3.8) is 0 Å². The summed E-state index contributed by atoms with van der Waals surface area (Å²) in [6.07, 6.45) is 56.1. The zero-order chi connectivity index (χ0) is 53.1. The molecule has 1 heterocycles. The van der Waals surface area contributed by atoms with E-state index in [-0.39, 0.29) is 18.5 Å². The van der Waals surface area contributed by atoms with Crippen molar-refractivity contribution in [3.8, 4) is 0 Å². The Kier molecular flexibility index (Phi) is 48.2. The van der Waals surface area contributed by atoms with E-state index in [9.17, 15) is 35.1 Å². The van der Waals surface area contributed by atoms with Crippen molar-refractivity contribution in [1.82, 2.24) is 5.32 Å². The summed E-state index contributed by atoms with van der Waals surface area (Å²) < 4.78 is 16.6. The fourth-order valence-corrected chi connectivity index (χ4v) is 9.00. The van der Waals surface area contributed by atoms with Crippen LogP contribution < -0.4 is 5.32 Å². The molecule has 7 unspecified atom stereocenters. The summed E-state index contributed by atoms with van der Waals surface area (Å²) in [7, 11) is 0. The Bertz CT molecular complexity index is 1400. The maximum Gasteiger partial charge on any atom is 0.305 e. The second-order valence-electron chi connectivity index (χ2n) is 20.7. The quantitative estimate of drug-likeness (QED) is 0.0195. The third-order valence-corrected chi connectivity index (χ3v) is 13.8. The van der Waals surface area contributed by atoms with Crippen LogP contribution in [0.15, 0.2) is 60.8 Å². The van der Waals surface area contributed by atoms with Crippen molar-refractivity contribution in [1.29, 1.82) is 0 Å². The van der Waals surface area contributed by atoms with Crippen molar-refractivity contribution in [3.05, 3.63) is 60.8 Å². The molecular weight excluding hydrogens is 919 g/mol. The summed E-state index contributed by atoms with van der Waals surface area (Å²) in [5.74, 6) is -0.222. The van der Waals surface area contributed by atoms with Crippen LogP contribution in [0.2, 0.25) is 0 Å². The van der Waals surface area contributed by atoms with E-state index in [0.717, 1.165) is 89.9 Å². The molecule has 73 heavy (non-hydrogen) atoms. The third kappa shape index (κ3) is 41.2. The van der Waals surface area contributed by atoms with E-state index in [1.165, 1.54) is 141 Å². The first-order chi connectivity index (χ1) is 35.7. The highest BCUT2D eigenvalue weighted by Gasteiger charge is 2.44.